The number of aromatic amines is 1. The second-order valence-corrected chi connectivity index (χ2v) is 8.12. The highest BCUT2D eigenvalue weighted by Crippen LogP contribution is 2.35. The Bertz CT molecular complexity index is 1180. The largest absolute Gasteiger partial charge is 0.418 e. The van der Waals surface area contributed by atoms with E-state index in [1.54, 1.807) is 24.3 Å². The van der Waals surface area contributed by atoms with Gasteiger partial charge in [-0.15, -0.1) is 0 Å². The fourth-order valence-electron chi connectivity index (χ4n) is 3.96. The van der Waals surface area contributed by atoms with Gasteiger partial charge in [0.2, 0.25) is 0 Å². The highest BCUT2D eigenvalue weighted by molar-refractivity contribution is 5.90. The first-order valence-corrected chi connectivity index (χ1v) is 11.5. The van der Waals surface area contributed by atoms with Crippen molar-refractivity contribution < 1.29 is 18.0 Å². The average Bonchev–Trinajstić information content (AvgIpc) is 2.80. The molecule has 2 aromatic carbocycles. The minimum absolute atomic E-state index is 0.306. The number of hydrogen-bond donors (Lipinski definition) is 2. The van der Waals surface area contributed by atoms with Gasteiger partial charge in [-0.05, 0) is 37.1 Å². The number of para-hydroxylation sites is 2. The van der Waals surface area contributed by atoms with Gasteiger partial charge in [-0.1, -0.05) is 57.4 Å². The van der Waals surface area contributed by atoms with Crippen molar-refractivity contribution in [2.45, 2.75) is 58.2 Å². The number of H-pyrrole nitrogens is 1. The SMILES string of the molecule is CCCCCCN(C(=O)Nc1ccccc1C(F)(F)F)C(CC)c1nc2ccccc2c(=O)[nH]1. The van der Waals surface area contributed by atoms with Gasteiger partial charge in [0.25, 0.3) is 5.56 Å². The summed E-state index contributed by atoms with van der Waals surface area (Å²) in [7, 11) is 0. The van der Waals surface area contributed by atoms with Crippen LogP contribution in [0.4, 0.5) is 23.7 Å². The van der Waals surface area contributed by atoms with Crippen LogP contribution in [-0.4, -0.2) is 27.4 Å². The molecule has 2 N–H and O–H groups in total. The Morgan fingerprint density at radius 3 is 2.47 bits per heavy atom. The fourth-order valence-corrected chi connectivity index (χ4v) is 3.96. The molecule has 0 saturated heterocycles. The van der Waals surface area contributed by atoms with E-state index in [-0.39, 0.29) is 11.2 Å². The van der Waals surface area contributed by atoms with Crippen LogP contribution in [0.25, 0.3) is 10.9 Å². The second kappa shape index (κ2) is 11.2. The minimum atomic E-state index is -4.61. The van der Waals surface area contributed by atoms with Crippen LogP contribution in [-0.2, 0) is 6.18 Å². The van der Waals surface area contributed by atoms with Crippen molar-refractivity contribution in [3.05, 3.63) is 70.3 Å². The molecule has 182 valence electrons. The molecule has 3 rings (SSSR count). The number of carbonyl (C=O) groups excluding carboxylic acids is 1. The van der Waals surface area contributed by atoms with Crippen LogP contribution in [0.1, 0.15) is 63.4 Å². The Morgan fingerprint density at radius 2 is 1.76 bits per heavy atom. The summed E-state index contributed by atoms with van der Waals surface area (Å²) < 4.78 is 40.4. The number of nitrogens with one attached hydrogen (secondary N) is 2. The van der Waals surface area contributed by atoms with Crippen molar-refractivity contribution >= 4 is 22.6 Å². The quantitative estimate of drug-likeness (QED) is 0.347. The number of amides is 2. The molecule has 0 aliphatic heterocycles. The zero-order valence-corrected chi connectivity index (χ0v) is 19.3. The molecule has 9 heteroatoms. The number of alkyl halides is 3. The molecule has 0 spiro atoms. The van der Waals surface area contributed by atoms with Crippen LogP contribution in [0.15, 0.2) is 53.3 Å². The molecule has 3 aromatic rings. The number of carbonyl (C=O) groups is 1. The molecule has 1 aromatic heterocycles. The van der Waals surface area contributed by atoms with E-state index in [4.69, 9.17) is 0 Å². The zero-order valence-electron chi connectivity index (χ0n) is 19.3. The van der Waals surface area contributed by atoms with Crippen LogP contribution in [0.3, 0.4) is 0 Å². The Balaban J connectivity index is 1.96. The Labute approximate surface area is 196 Å². The number of unbranched alkanes of at least 4 members (excludes halogenated alkanes) is 3. The summed E-state index contributed by atoms with van der Waals surface area (Å²) in [5, 5.41) is 2.87. The summed E-state index contributed by atoms with van der Waals surface area (Å²) in [6.07, 6.45) is -0.654. The molecule has 0 fully saturated rings. The number of fused-ring (bicyclic) bond motifs is 1. The molecule has 34 heavy (non-hydrogen) atoms. The van der Waals surface area contributed by atoms with Crippen LogP contribution in [0.2, 0.25) is 0 Å². The Kier molecular flexibility index (Phi) is 8.31. The smallest absolute Gasteiger partial charge is 0.314 e. The van der Waals surface area contributed by atoms with E-state index in [9.17, 15) is 22.8 Å². The molecule has 2 amide bonds. The standard InChI is InChI=1S/C25H29F3N4O2/c1-3-5-6-11-16-32(24(34)30-20-15-10-8-13-18(20)25(26,27)28)21(4-2)22-29-19-14-9-7-12-17(19)23(33)31-22/h7-10,12-15,21H,3-6,11,16H2,1-2H3,(H,30,34)(H,29,31,33). The Hall–Kier alpha value is -3.36. The normalized spacial score (nSPS) is 12.5. The van der Waals surface area contributed by atoms with Gasteiger partial charge in [0, 0.05) is 6.54 Å². The molecule has 0 aliphatic carbocycles. The number of nitrogens with zero attached hydrogens (tertiary/aromatic N) is 2. The summed E-state index contributed by atoms with van der Waals surface area (Å²) in [4.78, 5) is 34.7. The number of rotatable bonds is 9. The molecule has 1 unspecified atom stereocenters. The summed E-state index contributed by atoms with van der Waals surface area (Å²) in [6.45, 7) is 4.22. The van der Waals surface area contributed by atoms with Crippen molar-refractivity contribution in [2.75, 3.05) is 11.9 Å². The summed E-state index contributed by atoms with van der Waals surface area (Å²) in [5.74, 6) is 0.306. The van der Waals surface area contributed by atoms with Crippen molar-refractivity contribution in [1.29, 1.82) is 0 Å². The lowest BCUT2D eigenvalue weighted by molar-refractivity contribution is -0.136. The Morgan fingerprint density at radius 1 is 1.06 bits per heavy atom. The number of hydrogen-bond acceptors (Lipinski definition) is 3. The third-order valence-corrected chi connectivity index (χ3v) is 5.70. The van der Waals surface area contributed by atoms with E-state index in [1.165, 1.54) is 23.1 Å². The third-order valence-electron chi connectivity index (χ3n) is 5.70. The highest BCUT2D eigenvalue weighted by atomic mass is 19.4. The van der Waals surface area contributed by atoms with Crippen LogP contribution in [0, 0.1) is 0 Å². The van der Waals surface area contributed by atoms with E-state index >= 15 is 0 Å². The van der Waals surface area contributed by atoms with E-state index in [0.29, 0.717) is 36.1 Å². The maximum atomic E-state index is 13.5. The lowest BCUT2D eigenvalue weighted by Crippen LogP contribution is -2.40. The van der Waals surface area contributed by atoms with Gasteiger partial charge in [-0.3, -0.25) is 4.79 Å². The number of anilines is 1. The van der Waals surface area contributed by atoms with Crippen LogP contribution >= 0.6 is 0 Å². The fraction of sp³-hybridized carbons (Fsp3) is 0.400. The number of halogens is 3. The lowest BCUT2D eigenvalue weighted by atomic mass is 10.1. The average molecular weight is 475 g/mol. The second-order valence-electron chi connectivity index (χ2n) is 8.12. The summed E-state index contributed by atoms with van der Waals surface area (Å²) in [6, 6.07) is 10.5. The first-order valence-electron chi connectivity index (χ1n) is 11.5. The number of aromatic nitrogens is 2. The number of urea groups is 1. The molecule has 0 saturated carbocycles. The minimum Gasteiger partial charge on any atom is -0.314 e. The molecule has 0 aliphatic rings. The van der Waals surface area contributed by atoms with E-state index in [2.05, 4.69) is 22.2 Å². The van der Waals surface area contributed by atoms with Crippen LogP contribution < -0.4 is 10.9 Å². The third kappa shape index (κ3) is 5.95. The van der Waals surface area contributed by atoms with Gasteiger partial charge >= 0.3 is 12.2 Å². The molecule has 1 heterocycles. The summed E-state index contributed by atoms with van der Waals surface area (Å²) >= 11 is 0. The van der Waals surface area contributed by atoms with Crippen LogP contribution in [0.5, 0.6) is 0 Å². The molecular weight excluding hydrogens is 445 g/mol. The van der Waals surface area contributed by atoms with Crippen molar-refractivity contribution in [1.82, 2.24) is 14.9 Å². The van der Waals surface area contributed by atoms with E-state index < -0.39 is 23.8 Å². The molecule has 1 atom stereocenters. The highest BCUT2D eigenvalue weighted by Gasteiger charge is 2.34. The topological polar surface area (TPSA) is 78.1 Å². The summed E-state index contributed by atoms with van der Waals surface area (Å²) in [5.41, 5.74) is -1.06. The predicted molar refractivity (Wildman–Crippen MR) is 127 cm³/mol. The van der Waals surface area contributed by atoms with Gasteiger partial charge < -0.3 is 15.2 Å². The van der Waals surface area contributed by atoms with Gasteiger partial charge in [0.1, 0.15) is 5.82 Å². The maximum absolute atomic E-state index is 13.5. The van der Waals surface area contributed by atoms with Crippen molar-refractivity contribution in [2.24, 2.45) is 0 Å². The van der Waals surface area contributed by atoms with E-state index in [0.717, 1.165) is 25.3 Å². The van der Waals surface area contributed by atoms with Gasteiger partial charge in [0.15, 0.2) is 0 Å². The van der Waals surface area contributed by atoms with Crippen molar-refractivity contribution in [3.63, 3.8) is 0 Å². The maximum Gasteiger partial charge on any atom is 0.418 e. The first kappa shape index (κ1) is 25.3. The molecule has 0 bridgehead atoms. The van der Waals surface area contributed by atoms with E-state index in [1.807, 2.05) is 6.92 Å². The van der Waals surface area contributed by atoms with Gasteiger partial charge in [-0.2, -0.15) is 13.2 Å². The van der Waals surface area contributed by atoms with Gasteiger partial charge in [0.05, 0.1) is 28.2 Å². The molecule has 0 radical (unpaired) electrons. The zero-order chi connectivity index (χ0) is 24.7. The van der Waals surface area contributed by atoms with Crippen molar-refractivity contribution in [3.8, 4) is 0 Å². The predicted octanol–water partition coefficient (Wildman–Crippen LogP) is 6.51. The number of benzene rings is 2. The molecular formula is C25H29F3N4O2. The molecule has 6 nitrogen and oxygen atoms in total. The first-order chi connectivity index (χ1) is 16.3. The monoisotopic (exact) mass is 474 g/mol. The lowest BCUT2D eigenvalue weighted by Gasteiger charge is -2.31. The van der Waals surface area contributed by atoms with Gasteiger partial charge in [-0.25, -0.2) is 9.78 Å².